The Morgan fingerprint density at radius 2 is 2.09 bits per heavy atom. The second-order valence-corrected chi connectivity index (χ2v) is 6.51. The van der Waals surface area contributed by atoms with Gasteiger partial charge in [-0.1, -0.05) is 20.8 Å². The lowest BCUT2D eigenvalue weighted by molar-refractivity contribution is -0.115. The molecule has 0 aliphatic carbocycles. The molecule has 0 fully saturated rings. The predicted octanol–water partition coefficient (Wildman–Crippen LogP) is 2.09. The van der Waals surface area contributed by atoms with Gasteiger partial charge in [0.2, 0.25) is 11.9 Å². The molecule has 0 saturated heterocycles. The number of carbonyl (C=O) groups is 1. The minimum atomic E-state index is -0.312. The number of thiazole rings is 1. The first-order valence-electron chi connectivity index (χ1n) is 6.48. The van der Waals surface area contributed by atoms with Gasteiger partial charge < -0.3 is 4.98 Å². The van der Waals surface area contributed by atoms with Crippen molar-refractivity contribution in [2.45, 2.75) is 32.6 Å². The third kappa shape index (κ3) is 3.48. The summed E-state index contributed by atoms with van der Waals surface area (Å²) in [6.45, 7) is 6.18. The fraction of sp³-hybridized carbons (Fsp3) is 0.357. The van der Waals surface area contributed by atoms with Gasteiger partial charge in [0.25, 0.3) is 0 Å². The summed E-state index contributed by atoms with van der Waals surface area (Å²) in [5, 5.41) is 23.0. The molecule has 2 aromatic rings. The molecule has 0 unspecified atom stereocenters. The quantitative estimate of drug-likeness (QED) is 0.899. The number of nitrogens with one attached hydrogen (secondary N) is 2. The normalized spacial score (nSPS) is 10.8. The van der Waals surface area contributed by atoms with Crippen LogP contribution in [0.4, 0.5) is 5.95 Å². The van der Waals surface area contributed by atoms with E-state index in [2.05, 4.69) is 41.0 Å². The highest BCUT2D eigenvalue weighted by Crippen LogP contribution is 2.25. The lowest BCUT2D eigenvalue weighted by Crippen LogP contribution is -2.16. The third-order valence-electron chi connectivity index (χ3n) is 2.71. The van der Waals surface area contributed by atoms with Crippen LogP contribution in [0, 0.1) is 22.7 Å². The largest absolute Gasteiger partial charge is 0.314 e. The molecular weight excluding hydrogens is 300 g/mol. The number of aromatic amines is 1. The number of nitrogens with zero attached hydrogens (tertiary/aromatic N) is 4. The van der Waals surface area contributed by atoms with Gasteiger partial charge in [0.15, 0.2) is 11.4 Å². The van der Waals surface area contributed by atoms with Crippen LogP contribution in [0.25, 0.3) is 0 Å². The molecule has 0 bridgehead atoms. The molecule has 0 radical (unpaired) electrons. The number of aromatic nitrogens is 3. The predicted molar refractivity (Wildman–Crippen MR) is 81.2 cm³/mol. The van der Waals surface area contributed by atoms with E-state index in [1.54, 1.807) is 6.07 Å². The molecule has 0 saturated carbocycles. The Morgan fingerprint density at radius 3 is 2.59 bits per heavy atom. The zero-order valence-corrected chi connectivity index (χ0v) is 13.2. The maximum atomic E-state index is 12.0. The van der Waals surface area contributed by atoms with Gasteiger partial charge >= 0.3 is 0 Å². The van der Waals surface area contributed by atoms with Crippen LogP contribution in [0.5, 0.6) is 0 Å². The van der Waals surface area contributed by atoms with Gasteiger partial charge in [0.05, 0.1) is 17.1 Å². The van der Waals surface area contributed by atoms with E-state index in [4.69, 9.17) is 10.5 Å². The molecule has 2 rings (SSSR count). The van der Waals surface area contributed by atoms with Crippen LogP contribution in [-0.4, -0.2) is 20.9 Å². The second kappa shape index (κ2) is 5.96. The average molecular weight is 314 g/mol. The Labute approximate surface area is 131 Å². The minimum absolute atomic E-state index is 0.0291. The molecule has 1 amide bonds. The third-order valence-corrected chi connectivity index (χ3v) is 4.03. The van der Waals surface area contributed by atoms with Crippen molar-refractivity contribution in [2.24, 2.45) is 0 Å². The Hall–Kier alpha value is -2.71. The van der Waals surface area contributed by atoms with Gasteiger partial charge in [-0.05, 0) is 0 Å². The van der Waals surface area contributed by atoms with Crippen LogP contribution in [0.1, 0.15) is 42.9 Å². The fourth-order valence-corrected chi connectivity index (χ4v) is 2.57. The van der Waals surface area contributed by atoms with Crippen LogP contribution >= 0.6 is 11.3 Å². The first-order chi connectivity index (χ1) is 10.3. The summed E-state index contributed by atoms with van der Waals surface area (Å²) in [5.74, 6) is -0.224. The number of amides is 1. The maximum Gasteiger partial charge on any atom is 0.232 e. The lowest BCUT2D eigenvalue weighted by Gasteiger charge is -2.13. The van der Waals surface area contributed by atoms with E-state index >= 15 is 0 Å². The number of H-pyrrole nitrogens is 1. The summed E-state index contributed by atoms with van der Waals surface area (Å²) < 4.78 is 0. The SMILES string of the molecule is CC(C)(C)c1nc(CC(=O)Nc2nc(C#N)c(C#N)[nH]2)cs1. The fourth-order valence-electron chi connectivity index (χ4n) is 1.67. The highest BCUT2D eigenvalue weighted by molar-refractivity contribution is 7.09. The van der Waals surface area contributed by atoms with Gasteiger partial charge in [0.1, 0.15) is 12.1 Å². The molecule has 0 aromatic carbocycles. The molecule has 22 heavy (non-hydrogen) atoms. The highest BCUT2D eigenvalue weighted by atomic mass is 32.1. The van der Waals surface area contributed by atoms with Crippen molar-refractivity contribution in [1.82, 2.24) is 15.0 Å². The Bertz CT molecular complexity index is 752. The van der Waals surface area contributed by atoms with Gasteiger partial charge in [0, 0.05) is 10.8 Å². The summed E-state index contributed by atoms with van der Waals surface area (Å²) in [7, 11) is 0. The van der Waals surface area contributed by atoms with Gasteiger partial charge in [-0.3, -0.25) is 10.1 Å². The number of hydrogen-bond donors (Lipinski definition) is 2. The van der Waals surface area contributed by atoms with Gasteiger partial charge in [-0.2, -0.15) is 10.5 Å². The monoisotopic (exact) mass is 314 g/mol. The number of imidazole rings is 1. The van der Waals surface area contributed by atoms with Crippen molar-refractivity contribution < 1.29 is 4.79 Å². The van der Waals surface area contributed by atoms with Gasteiger partial charge in [-0.25, -0.2) is 9.97 Å². The number of carbonyl (C=O) groups excluding carboxylic acids is 1. The molecule has 0 spiro atoms. The molecule has 2 aromatic heterocycles. The summed E-state index contributed by atoms with van der Waals surface area (Å²) in [6, 6.07) is 3.59. The van der Waals surface area contributed by atoms with E-state index in [0.717, 1.165) is 5.01 Å². The van der Waals surface area contributed by atoms with Crippen molar-refractivity contribution in [2.75, 3.05) is 5.32 Å². The number of anilines is 1. The van der Waals surface area contributed by atoms with Crippen LogP contribution in [0.2, 0.25) is 0 Å². The van der Waals surface area contributed by atoms with Crippen molar-refractivity contribution in [1.29, 1.82) is 10.5 Å². The summed E-state index contributed by atoms with van der Waals surface area (Å²) in [4.78, 5) is 22.8. The van der Waals surface area contributed by atoms with Crippen molar-refractivity contribution in [3.05, 3.63) is 27.5 Å². The zero-order chi connectivity index (χ0) is 16.3. The Kier molecular flexibility index (Phi) is 4.25. The lowest BCUT2D eigenvalue weighted by atomic mass is 9.98. The smallest absolute Gasteiger partial charge is 0.232 e. The van der Waals surface area contributed by atoms with Crippen molar-refractivity contribution in [3.8, 4) is 12.1 Å². The summed E-state index contributed by atoms with van der Waals surface area (Å²) >= 11 is 1.52. The van der Waals surface area contributed by atoms with Gasteiger partial charge in [-0.15, -0.1) is 11.3 Å². The Balaban J connectivity index is 2.05. The summed E-state index contributed by atoms with van der Waals surface area (Å²) in [5.41, 5.74) is 0.618. The first-order valence-corrected chi connectivity index (χ1v) is 7.36. The van der Waals surface area contributed by atoms with E-state index in [9.17, 15) is 4.79 Å². The molecule has 0 aliphatic rings. The van der Waals surface area contributed by atoms with E-state index in [1.165, 1.54) is 11.3 Å². The second-order valence-electron chi connectivity index (χ2n) is 5.65. The Morgan fingerprint density at radius 1 is 1.36 bits per heavy atom. The number of rotatable bonds is 3. The zero-order valence-electron chi connectivity index (χ0n) is 12.4. The standard InChI is InChI=1S/C14H14N6OS/c1-14(2,3)12-17-8(7-22-12)4-11(21)20-13-18-9(5-15)10(6-16)19-13/h7H,4H2,1-3H3,(H2,18,19,20,21). The maximum absolute atomic E-state index is 12.0. The summed E-state index contributed by atoms with van der Waals surface area (Å²) in [6.07, 6.45) is 0.108. The first kappa shape index (κ1) is 15.7. The van der Waals surface area contributed by atoms with Crippen LogP contribution < -0.4 is 5.32 Å². The topological polar surface area (TPSA) is 118 Å². The van der Waals surface area contributed by atoms with Crippen LogP contribution in [0.15, 0.2) is 5.38 Å². The molecule has 0 atom stereocenters. The minimum Gasteiger partial charge on any atom is -0.314 e. The molecule has 2 N–H and O–H groups in total. The van der Waals surface area contributed by atoms with E-state index in [-0.39, 0.29) is 35.1 Å². The number of hydrogen-bond acceptors (Lipinski definition) is 6. The van der Waals surface area contributed by atoms with E-state index in [0.29, 0.717) is 5.69 Å². The van der Waals surface area contributed by atoms with E-state index < -0.39 is 0 Å². The molecule has 2 heterocycles. The van der Waals surface area contributed by atoms with Crippen molar-refractivity contribution >= 4 is 23.2 Å². The van der Waals surface area contributed by atoms with Crippen LogP contribution in [0.3, 0.4) is 0 Å². The van der Waals surface area contributed by atoms with E-state index in [1.807, 2.05) is 11.4 Å². The molecule has 8 heteroatoms. The molecule has 7 nitrogen and oxygen atoms in total. The van der Waals surface area contributed by atoms with Crippen LogP contribution in [-0.2, 0) is 16.6 Å². The average Bonchev–Trinajstić information content (AvgIpc) is 3.04. The highest BCUT2D eigenvalue weighted by Gasteiger charge is 2.19. The molecular formula is C14H14N6OS. The molecule has 112 valence electrons. The van der Waals surface area contributed by atoms with Crippen molar-refractivity contribution in [3.63, 3.8) is 0 Å². The molecule has 0 aliphatic heterocycles. The number of nitriles is 2.